The minimum absolute atomic E-state index is 0.199. The van der Waals surface area contributed by atoms with Crippen molar-refractivity contribution < 1.29 is 0 Å². The Morgan fingerprint density at radius 2 is 2.00 bits per heavy atom. The highest BCUT2D eigenvalue weighted by molar-refractivity contribution is 5.15. The van der Waals surface area contributed by atoms with Crippen LogP contribution in [-0.2, 0) is 0 Å². The minimum atomic E-state index is 0.199. The molecule has 1 rings (SSSR count). The zero-order valence-corrected chi connectivity index (χ0v) is 9.64. The van der Waals surface area contributed by atoms with Crippen LogP contribution in [0.4, 0.5) is 0 Å². The van der Waals surface area contributed by atoms with Crippen LogP contribution < -0.4 is 5.32 Å². The number of nitrogens with zero attached hydrogens (tertiary/aromatic N) is 1. The van der Waals surface area contributed by atoms with Crippen molar-refractivity contribution in [2.24, 2.45) is 0 Å². The summed E-state index contributed by atoms with van der Waals surface area (Å²) < 4.78 is 0. The first kappa shape index (κ1) is 11.6. The fourth-order valence-corrected chi connectivity index (χ4v) is 2.59. The summed E-state index contributed by atoms with van der Waals surface area (Å²) in [4.78, 5) is 2.31. The third kappa shape index (κ3) is 1.94. The maximum Gasteiger partial charge on any atom is 0.0873 e. The molecule has 0 spiro atoms. The lowest BCUT2D eigenvalue weighted by Crippen LogP contribution is -2.56. The normalized spacial score (nSPS) is 22.2. The quantitative estimate of drug-likeness (QED) is 0.682. The fraction of sp³-hybridized carbons (Fsp3) is 0.833. The zero-order chi connectivity index (χ0) is 10.6. The third-order valence-corrected chi connectivity index (χ3v) is 3.47. The second-order valence-electron chi connectivity index (χ2n) is 4.36. The van der Waals surface area contributed by atoms with Crippen LogP contribution in [0.15, 0.2) is 0 Å². The molecule has 1 unspecified atom stereocenters. The van der Waals surface area contributed by atoms with Crippen molar-refractivity contribution in [3.63, 3.8) is 0 Å². The van der Waals surface area contributed by atoms with E-state index in [0.29, 0.717) is 0 Å². The Morgan fingerprint density at radius 1 is 1.43 bits per heavy atom. The van der Waals surface area contributed by atoms with E-state index in [2.05, 4.69) is 37.2 Å². The summed E-state index contributed by atoms with van der Waals surface area (Å²) in [7, 11) is 4.29. The van der Waals surface area contributed by atoms with Crippen LogP contribution in [0.3, 0.4) is 0 Å². The topological polar surface area (TPSA) is 15.3 Å². The highest BCUT2D eigenvalue weighted by Crippen LogP contribution is 2.36. The van der Waals surface area contributed by atoms with E-state index >= 15 is 0 Å². The summed E-state index contributed by atoms with van der Waals surface area (Å²) in [5, 5.41) is 3.42. The molecule has 0 aromatic carbocycles. The number of rotatable bonds is 4. The SMILES string of the molecule is C#CC(NCC)C1(N(C)C)CCCC1. The van der Waals surface area contributed by atoms with Crippen molar-refractivity contribution in [1.82, 2.24) is 10.2 Å². The number of hydrogen-bond acceptors (Lipinski definition) is 2. The maximum atomic E-state index is 5.62. The van der Waals surface area contributed by atoms with Crippen LogP contribution in [0.5, 0.6) is 0 Å². The van der Waals surface area contributed by atoms with E-state index in [1.54, 1.807) is 0 Å². The summed E-state index contributed by atoms with van der Waals surface area (Å²) in [5.41, 5.74) is 0.199. The van der Waals surface area contributed by atoms with Crippen molar-refractivity contribution in [2.45, 2.75) is 44.2 Å². The Bertz CT molecular complexity index is 209. The Labute approximate surface area is 88.1 Å². The van der Waals surface area contributed by atoms with Crippen molar-refractivity contribution >= 4 is 0 Å². The molecule has 14 heavy (non-hydrogen) atoms. The van der Waals surface area contributed by atoms with Crippen molar-refractivity contribution in [3.05, 3.63) is 0 Å². The van der Waals surface area contributed by atoms with Gasteiger partial charge in [-0.05, 0) is 33.5 Å². The average Bonchev–Trinajstić information content (AvgIpc) is 2.64. The molecule has 0 bridgehead atoms. The van der Waals surface area contributed by atoms with E-state index in [4.69, 9.17) is 6.42 Å². The number of nitrogens with one attached hydrogen (secondary N) is 1. The van der Waals surface area contributed by atoms with Gasteiger partial charge in [0.2, 0.25) is 0 Å². The fourth-order valence-electron chi connectivity index (χ4n) is 2.59. The second kappa shape index (κ2) is 4.82. The van der Waals surface area contributed by atoms with Gasteiger partial charge >= 0.3 is 0 Å². The van der Waals surface area contributed by atoms with E-state index in [0.717, 1.165) is 6.54 Å². The lowest BCUT2D eigenvalue weighted by molar-refractivity contribution is 0.129. The highest BCUT2D eigenvalue weighted by atomic mass is 15.2. The molecule has 2 nitrogen and oxygen atoms in total. The van der Waals surface area contributed by atoms with Gasteiger partial charge in [-0.3, -0.25) is 0 Å². The Hall–Kier alpha value is -0.520. The van der Waals surface area contributed by atoms with Gasteiger partial charge in [0.05, 0.1) is 6.04 Å². The third-order valence-electron chi connectivity index (χ3n) is 3.47. The van der Waals surface area contributed by atoms with Crippen LogP contribution in [0, 0.1) is 12.3 Å². The minimum Gasteiger partial charge on any atom is -0.302 e. The van der Waals surface area contributed by atoms with Crippen molar-refractivity contribution in [3.8, 4) is 12.3 Å². The monoisotopic (exact) mass is 194 g/mol. The first-order valence-corrected chi connectivity index (χ1v) is 5.54. The summed E-state index contributed by atoms with van der Waals surface area (Å²) >= 11 is 0. The maximum absolute atomic E-state index is 5.62. The van der Waals surface area contributed by atoms with Gasteiger partial charge < -0.3 is 10.2 Å². The molecular weight excluding hydrogens is 172 g/mol. The van der Waals surface area contributed by atoms with Crippen molar-refractivity contribution in [2.75, 3.05) is 20.6 Å². The van der Waals surface area contributed by atoms with E-state index in [1.165, 1.54) is 25.7 Å². The van der Waals surface area contributed by atoms with Gasteiger partial charge in [0.15, 0.2) is 0 Å². The zero-order valence-electron chi connectivity index (χ0n) is 9.64. The van der Waals surface area contributed by atoms with Gasteiger partial charge in [0.25, 0.3) is 0 Å². The van der Waals surface area contributed by atoms with Crippen LogP contribution in [0.25, 0.3) is 0 Å². The molecule has 0 aromatic rings. The highest BCUT2D eigenvalue weighted by Gasteiger charge is 2.41. The average molecular weight is 194 g/mol. The van der Waals surface area contributed by atoms with Gasteiger partial charge in [-0.15, -0.1) is 6.42 Å². The van der Waals surface area contributed by atoms with Gasteiger partial charge in [-0.2, -0.15) is 0 Å². The van der Waals surface area contributed by atoms with E-state index in [-0.39, 0.29) is 11.6 Å². The first-order valence-electron chi connectivity index (χ1n) is 5.54. The molecule has 1 saturated carbocycles. The molecular formula is C12H22N2. The lowest BCUT2D eigenvalue weighted by atomic mass is 9.87. The Balaban J connectivity index is 2.80. The molecule has 1 atom stereocenters. The summed E-state index contributed by atoms with van der Waals surface area (Å²) in [6.45, 7) is 3.06. The molecule has 0 amide bonds. The molecule has 1 aliphatic carbocycles. The predicted octanol–water partition coefficient (Wildman–Crippen LogP) is 1.47. The standard InChI is InChI=1S/C12H22N2/c1-5-11(13-6-2)12(14(3)4)9-7-8-10-12/h1,11,13H,6-10H2,2-4H3. The number of likely N-dealkylation sites (N-methyl/N-ethyl adjacent to an activating group) is 2. The molecule has 0 heterocycles. The smallest absolute Gasteiger partial charge is 0.0873 e. The van der Waals surface area contributed by atoms with Crippen molar-refractivity contribution in [1.29, 1.82) is 0 Å². The van der Waals surface area contributed by atoms with E-state index < -0.39 is 0 Å². The molecule has 80 valence electrons. The number of hydrogen-bond donors (Lipinski definition) is 1. The second-order valence-corrected chi connectivity index (χ2v) is 4.36. The largest absolute Gasteiger partial charge is 0.302 e. The summed E-state index contributed by atoms with van der Waals surface area (Å²) in [6.07, 6.45) is 10.7. The molecule has 0 saturated heterocycles. The molecule has 1 N–H and O–H groups in total. The van der Waals surface area contributed by atoms with Gasteiger partial charge in [0.1, 0.15) is 0 Å². The van der Waals surface area contributed by atoms with E-state index in [1.807, 2.05) is 0 Å². The van der Waals surface area contributed by atoms with Crippen LogP contribution in [-0.4, -0.2) is 37.1 Å². The van der Waals surface area contributed by atoms with Gasteiger partial charge in [-0.1, -0.05) is 25.7 Å². The summed E-state index contributed by atoms with van der Waals surface area (Å²) in [5.74, 6) is 2.91. The lowest BCUT2D eigenvalue weighted by Gasteiger charge is -2.41. The molecule has 0 radical (unpaired) electrons. The predicted molar refractivity (Wildman–Crippen MR) is 61.2 cm³/mol. The van der Waals surface area contributed by atoms with Gasteiger partial charge in [-0.25, -0.2) is 0 Å². The Kier molecular flexibility index (Phi) is 3.97. The molecule has 1 fully saturated rings. The summed E-state index contributed by atoms with van der Waals surface area (Å²) in [6, 6.07) is 0.199. The van der Waals surface area contributed by atoms with Crippen LogP contribution in [0.1, 0.15) is 32.6 Å². The van der Waals surface area contributed by atoms with E-state index in [9.17, 15) is 0 Å². The molecule has 2 heteroatoms. The Morgan fingerprint density at radius 3 is 2.36 bits per heavy atom. The molecule has 0 aliphatic heterocycles. The first-order chi connectivity index (χ1) is 6.67. The number of terminal acetylenes is 1. The molecule has 1 aliphatic rings. The molecule has 0 aromatic heterocycles. The van der Waals surface area contributed by atoms with Gasteiger partial charge in [0, 0.05) is 5.54 Å². The van der Waals surface area contributed by atoms with Crippen LogP contribution >= 0.6 is 0 Å². The van der Waals surface area contributed by atoms with Crippen LogP contribution in [0.2, 0.25) is 0 Å².